The molecule has 1 atom stereocenters. The Bertz CT molecular complexity index is 1120. The molecule has 8 nitrogen and oxygen atoms in total. The van der Waals surface area contributed by atoms with Crippen molar-refractivity contribution in [3.63, 3.8) is 0 Å². The molecular formula is C24H27N5O3. The molecule has 0 saturated carbocycles. The Kier molecular flexibility index (Phi) is 6.49. The van der Waals surface area contributed by atoms with Crippen LogP contribution in [0, 0.1) is 5.92 Å². The normalized spacial score (nSPS) is 15.9. The first-order valence-electron chi connectivity index (χ1n) is 10.9. The fraction of sp³-hybridized carbons (Fsp3) is 0.333. The van der Waals surface area contributed by atoms with Crippen LogP contribution in [-0.2, 0) is 9.59 Å². The minimum absolute atomic E-state index is 0.0336. The predicted octanol–water partition coefficient (Wildman–Crippen LogP) is 3.84. The van der Waals surface area contributed by atoms with Crippen molar-refractivity contribution in [1.29, 1.82) is 0 Å². The molecule has 1 aliphatic rings. The third-order valence-electron chi connectivity index (χ3n) is 5.37. The second-order valence-corrected chi connectivity index (χ2v) is 7.81. The summed E-state index contributed by atoms with van der Waals surface area (Å²) in [7, 11) is 0. The number of para-hydroxylation sites is 2. The van der Waals surface area contributed by atoms with Gasteiger partial charge in [-0.15, -0.1) is 0 Å². The highest BCUT2D eigenvalue weighted by Gasteiger charge is 2.29. The van der Waals surface area contributed by atoms with E-state index in [-0.39, 0.29) is 17.7 Å². The highest BCUT2D eigenvalue weighted by molar-refractivity contribution is 5.94. The number of piperidine rings is 1. The first kappa shape index (κ1) is 21.5. The van der Waals surface area contributed by atoms with Crippen LogP contribution in [0.4, 0.5) is 17.2 Å². The van der Waals surface area contributed by atoms with Gasteiger partial charge in [0.05, 0.1) is 23.6 Å². The first-order chi connectivity index (χ1) is 15.5. The zero-order chi connectivity index (χ0) is 22.5. The molecule has 1 saturated heterocycles. The zero-order valence-corrected chi connectivity index (χ0v) is 18.3. The van der Waals surface area contributed by atoms with Crippen molar-refractivity contribution in [3.05, 3.63) is 48.5 Å². The quantitative estimate of drug-likeness (QED) is 0.613. The number of aromatic nitrogens is 2. The second-order valence-electron chi connectivity index (χ2n) is 7.81. The number of rotatable bonds is 6. The van der Waals surface area contributed by atoms with Crippen LogP contribution >= 0.6 is 0 Å². The molecule has 8 heteroatoms. The van der Waals surface area contributed by atoms with E-state index in [4.69, 9.17) is 9.72 Å². The summed E-state index contributed by atoms with van der Waals surface area (Å²) >= 11 is 0. The number of carbonyl (C=O) groups is 2. The third-order valence-corrected chi connectivity index (χ3v) is 5.37. The van der Waals surface area contributed by atoms with Gasteiger partial charge in [-0.2, -0.15) is 0 Å². The van der Waals surface area contributed by atoms with Gasteiger partial charge in [-0.3, -0.25) is 9.59 Å². The molecule has 0 aliphatic carbocycles. The smallest absolute Gasteiger partial charge is 0.258 e. The van der Waals surface area contributed by atoms with E-state index >= 15 is 0 Å². The van der Waals surface area contributed by atoms with Crippen LogP contribution in [0.2, 0.25) is 0 Å². The molecule has 0 bridgehead atoms. The summed E-state index contributed by atoms with van der Waals surface area (Å²) in [5.41, 5.74) is 2.98. The summed E-state index contributed by atoms with van der Waals surface area (Å²) in [6.45, 7) is 5.21. The lowest BCUT2D eigenvalue weighted by atomic mass is 9.97. The van der Waals surface area contributed by atoms with Gasteiger partial charge in [-0.1, -0.05) is 12.1 Å². The molecule has 0 unspecified atom stereocenters. The molecule has 4 rings (SSSR count). The van der Waals surface area contributed by atoms with Crippen molar-refractivity contribution in [3.8, 4) is 5.88 Å². The number of nitrogens with zero attached hydrogens (tertiary/aromatic N) is 3. The van der Waals surface area contributed by atoms with E-state index in [9.17, 15) is 9.59 Å². The minimum atomic E-state index is -0.179. The summed E-state index contributed by atoms with van der Waals surface area (Å²) < 4.78 is 5.78. The van der Waals surface area contributed by atoms with Gasteiger partial charge in [0.25, 0.3) is 5.88 Å². The SMILES string of the molecule is CCOc1nc2ccccc2nc1N1CCC[C@@H](C(=O)Nc2ccc(NC(C)=O)cc2)C1. The maximum Gasteiger partial charge on any atom is 0.258 e. The lowest BCUT2D eigenvalue weighted by Crippen LogP contribution is -2.41. The first-order valence-corrected chi connectivity index (χ1v) is 10.9. The Morgan fingerprint density at radius 1 is 1.03 bits per heavy atom. The molecular weight excluding hydrogens is 406 g/mol. The molecule has 2 aromatic carbocycles. The fourth-order valence-electron chi connectivity index (χ4n) is 3.88. The molecule has 2 heterocycles. The topological polar surface area (TPSA) is 96.5 Å². The zero-order valence-electron chi connectivity index (χ0n) is 18.3. The van der Waals surface area contributed by atoms with Gasteiger partial charge in [0.15, 0.2) is 5.82 Å². The summed E-state index contributed by atoms with van der Waals surface area (Å²) in [5, 5.41) is 5.71. The van der Waals surface area contributed by atoms with Gasteiger partial charge >= 0.3 is 0 Å². The fourth-order valence-corrected chi connectivity index (χ4v) is 3.88. The van der Waals surface area contributed by atoms with Crippen molar-refractivity contribution < 1.29 is 14.3 Å². The molecule has 32 heavy (non-hydrogen) atoms. The summed E-state index contributed by atoms with van der Waals surface area (Å²) in [5.74, 6) is 0.839. The van der Waals surface area contributed by atoms with Gasteiger partial charge in [-0.05, 0) is 56.2 Å². The molecule has 1 aromatic heterocycles. The molecule has 1 fully saturated rings. The van der Waals surface area contributed by atoms with E-state index in [0.717, 1.165) is 30.4 Å². The molecule has 1 aliphatic heterocycles. The number of nitrogens with one attached hydrogen (secondary N) is 2. The van der Waals surface area contributed by atoms with Crippen molar-refractivity contribution in [2.45, 2.75) is 26.7 Å². The number of benzene rings is 2. The standard InChI is InChI=1S/C24H27N5O3/c1-3-32-24-22(27-20-8-4-5-9-21(20)28-24)29-14-6-7-17(15-29)23(31)26-19-12-10-18(11-13-19)25-16(2)30/h4-5,8-13,17H,3,6-7,14-15H2,1-2H3,(H,25,30)(H,26,31)/t17-/m1/s1. The van der Waals surface area contributed by atoms with Crippen molar-refractivity contribution in [2.75, 3.05) is 35.2 Å². The predicted molar refractivity (Wildman–Crippen MR) is 125 cm³/mol. The van der Waals surface area contributed by atoms with E-state index in [2.05, 4.69) is 20.5 Å². The highest BCUT2D eigenvalue weighted by Crippen LogP contribution is 2.31. The van der Waals surface area contributed by atoms with E-state index in [1.165, 1.54) is 6.92 Å². The Labute approximate surface area is 187 Å². The van der Waals surface area contributed by atoms with Gasteiger partial charge < -0.3 is 20.3 Å². The maximum atomic E-state index is 13.0. The number of fused-ring (bicyclic) bond motifs is 1. The summed E-state index contributed by atoms with van der Waals surface area (Å²) in [6, 6.07) is 14.8. The molecule has 3 aromatic rings. The van der Waals surface area contributed by atoms with Crippen LogP contribution in [0.15, 0.2) is 48.5 Å². The van der Waals surface area contributed by atoms with E-state index < -0.39 is 0 Å². The Morgan fingerprint density at radius 3 is 2.34 bits per heavy atom. The minimum Gasteiger partial charge on any atom is -0.475 e. The van der Waals surface area contributed by atoms with E-state index in [1.54, 1.807) is 24.3 Å². The number of hydrogen-bond donors (Lipinski definition) is 2. The maximum absolute atomic E-state index is 13.0. The lowest BCUT2D eigenvalue weighted by Gasteiger charge is -2.33. The second kappa shape index (κ2) is 9.64. The number of carbonyl (C=O) groups excluding carboxylic acids is 2. The van der Waals surface area contributed by atoms with Gasteiger partial charge in [-0.25, -0.2) is 9.97 Å². The third kappa shape index (κ3) is 4.96. The monoisotopic (exact) mass is 433 g/mol. The number of hydrogen-bond acceptors (Lipinski definition) is 6. The van der Waals surface area contributed by atoms with Gasteiger partial charge in [0.1, 0.15) is 0 Å². The number of ether oxygens (including phenoxy) is 1. The van der Waals surface area contributed by atoms with Crippen LogP contribution < -0.4 is 20.3 Å². The highest BCUT2D eigenvalue weighted by atomic mass is 16.5. The molecule has 0 radical (unpaired) electrons. The Morgan fingerprint density at radius 2 is 1.69 bits per heavy atom. The van der Waals surface area contributed by atoms with Crippen LogP contribution in [-0.4, -0.2) is 41.5 Å². The van der Waals surface area contributed by atoms with E-state index in [1.807, 2.05) is 31.2 Å². The molecule has 0 spiro atoms. The Balaban J connectivity index is 1.49. The summed E-state index contributed by atoms with van der Waals surface area (Å²) in [6.07, 6.45) is 1.68. The molecule has 2 N–H and O–H groups in total. The summed E-state index contributed by atoms with van der Waals surface area (Å²) in [4.78, 5) is 35.7. The van der Waals surface area contributed by atoms with Crippen LogP contribution in [0.3, 0.4) is 0 Å². The van der Waals surface area contributed by atoms with Crippen LogP contribution in [0.25, 0.3) is 11.0 Å². The largest absolute Gasteiger partial charge is 0.475 e. The van der Waals surface area contributed by atoms with E-state index in [0.29, 0.717) is 36.2 Å². The average Bonchev–Trinajstić information content (AvgIpc) is 2.80. The molecule has 2 amide bonds. The van der Waals surface area contributed by atoms with Crippen LogP contribution in [0.5, 0.6) is 5.88 Å². The van der Waals surface area contributed by atoms with Gasteiger partial charge in [0.2, 0.25) is 11.8 Å². The van der Waals surface area contributed by atoms with Crippen LogP contribution in [0.1, 0.15) is 26.7 Å². The average molecular weight is 434 g/mol. The lowest BCUT2D eigenvalue weighted by molar-refractivity contribution is -0.120. The number of amides is 2. The van der Waals surface area contributed by atoms with Crippen molar-refractivity contribution in [2.24, 2.45) is 5.92 Å². The van der Waals surface area contributed by atoms with Gasteiger partial charge in [0, 0.05) is 31.4 Å². The van der Waals surface area contributed by atoms with Crippen molar-refractivity contribution in [1.82, 2.24) is 9.97 Å². The van der Waals surface area contributed by atoms with Crippen molar-refractivity contribution >= 4 is 40.0 Å². The molecule has 166 valence electrons. The number of anilines is 3. The Hall–Kier alpha value is -3.68.